The molecule has 0 spiro atoms. The first-order valence-electron chi connectivity index (χ1n) is 9.18. The van der Waals surface area contributed by atoms with Gasteiger partial charge in [0.25, 0.3) is 0 Å². The van der Waals surface area contributed by atoms with E-state index in [1.54, 1.807) is 6.08 Å². The molecule has 0 fully saturated rings. The third-order valence-electron chi connectivity index (χ3n) is 4.40. The zero-order chi connectivity index (χ0) is 16.0. The fraction of sp³-hybridized carbons (Fsp3) is 0.619. The number of unbranched alkanes of at least 4 members (excludes halogenated alkanes) is 9. The summed E-state index contributed by atoms with van der Waals surface area (Å²) in [4.78, 5) is 0. The van der Waals surface area contributed by atoms with Crippen molar-refractivity contribution in [2.45, 2.75) is 83.7 Å². The maximum Gasteiger partial charge on any atom is 0.0971 e. The second-order valence-electron chi connectivity index (χ2n) is 6.31. The van der Waals surface area contributed by atoms with Crippen molar-refractivity contribution >= 4 is 0 Å². The van der Waals surface area contributed by atoms with Crippen LogP contribution in [-0.2, 0) is 6.42 Å². The summed E-state index contributed by atoms with van der Waals surface area (Å²) in [5.41, 5.74) is 2.29. The lowest BCUT2D eigenvalue weighted by molar-refractivity contribution is 0.228. The van der Waals surface area contributed by atoms with E-state index in [1.807, 2.05) is 12.1 Å². The standard InChI is InChI=1S/C21H34O/c1-3-5-6-7-8-9-10-11-12-13-16-19-17-14-15-18-20(19)21(22)4-2/h4,14-15,17-18,21-22H,2-3,5-13,16H2,1H3. The van der Waals surface area contributed by atoms with E-state index in [2.05, 4.69) is 25.6 Å². The van der Waals surface area contributed by atoms with E-state index in [9.17, 15) is 5.11 Å². The molecule has 0 bridgehead atoms. The molecule has 1 heteroatoms. The number of rotatable bonds is 13. The van der Waals surface area contributed by atoms with Gasteiger partial charge in [-0.1, -0.05) is 95.1 Å². The van der Waals surface area contributed by atoms with Crippen LogP contribution >= 0.6 is 0 Å². The second-order valence-corrected chi connectivity index (χ2v) is 6.31. The van der Waals surface area contributed by atoms with E-state index < -0.39 is 6.10 Å². The molecule has 0 saturated carbocycles. The third-order valence-corrected chi connectivity index (χ3v) is 4.40. The van der Waals surface area contributed by atoms with Crippen LogP contribution in [0.5, 0.6) is 0 Å². The number of aryl methyl sites for hydroxylation is 1. The number of hydrogen-bond acceptors (Lipinski definition) is 1. The molecule has 1 unspecified atom stereocenters. The summed E-state index contributed by atoms with van der Waals surface area (Å²) in [5, 5.41) is 9.95. The first kappa shape index (κ1) is 19.0. The maximum atomic E-state index is 9.95. The van der Waals surface area contributed by atoms with Crippen LogP contribution in [0.1, 0.15) is 88.4 Å². The van der Waals surface area contributed by atoms with Gasteiger partial charge in [0.1, 0.15) is 0 Å². The Morgan fingerprint density at radius 2 is 1.45 bits per heavy atom. The molecule has 22 heavy (non-hydrogen) atoms. The van der Waals surface area contributed by atoms with E-state index in [-0.39, 0.29) is 0 Å². The molecule has 0 aliphatic heterocycles. The van der Waals surface area contributed by atoms with Gasteiger partial charge >= 0.3 is 0 Å². The summed E-state index contributed by atoms with van der Waals surface area (Å²) < 4.78 is 0. The molecule has 1 nitrogen and oxygen atoms in total. The Balaban J connectivity index is 2.11. The molecule has 0 radical (unpaired) electrons. The first-order chi connectivity index (χ1) is 10.8. The number of benzene rings is 1. The van der Waals surface area contributed by atoms with E-state index in [0.29, 0.717) is 0 Å². The van der Waals surface area contributed by atoms with Gasteiger partial charge < -0.3 is 5.11 Å². The maximum absolute atomic E-state index is 9.95. The van der Waals surface area contributed by atoms with Gasteiger partial charge in [0.15, 0.2) is 0 Å². The molecule has 124 valence electrons. The summed E-state index contributed by atoms with van der Waals surface area (Å²) in [6.45, 7) is 5.95. The Bertz CT molecular complexity index is 397. The van der Waals surface area contributed by atoms with Crippen LogP contribution in [0.25, 0.3) is 0 Å². The lowest BCUT2D eigenvalue weighted by Gasteiger charge is -2.12. The Labute approximate surface area is 137 Å². The molecule has 0 amide bonds. The Hall–Kier alpha value is -1.08. The van der Waals surface area contributed by atoms with Crippen molar-refractivity contribution in [1.29, 1.82) is 0 Å². The van der Waals surface area contributed by atoms with Crippen molar-refractivity contribution in [3.63, 3.8) is 0 Å². The van der Waals surface area contributed by atoms with Crippen molar-refractivity contribution in [1.82, 2.24) is 0 Å². The minimum absolute atomic E-state index is 0.528. The Morgan fingerprint density at radius 1 is 0.909 bits per heavy atom. The minimum Gasteiger partial charge on any atom is -0.384 e. The molecule has 1 aromatic carbocycles. The summed E-state index contributed by atoms with van der Waals surface area (Å²) in [7, 11) is 0. The summed E-state index contributed by atoms with van der Waals surface area (Å²) in [6, 6.07) is 8.20. The largest absolute Gasteiger partial charge is 0.384 e. The van der Waals surface area contributed by atoms with Gasteiger partial charge in [0, 0.05) is 0 Å². The quantitative estimate of drug-likeness (QED) is 0.331. The van der Waals surface area contributed by atoms with Crippen LogP contribution in [0.15, 0.2) is 36.9 Å². The van der Waals surface area contributed by atoms with Gasteiger partial charge in [-0.15, -0.1) is 6.58 Å². The van der Waals surface area contributed by atoms with Crippen LogP contribution in [0.3, 0.4) is 0 Å². The van der Waals surface area contributed by atoms with Gasteiger partial charge in [0.2, 0.25) is 0 Å². The lowest BCUT2D eigenvalue weighted by Crippen LogP contribution is -1.99. The summed E-state index contributed by atoms with van der Waals surface area (Å²) in [6.07, 6.45) is 15.8. The molecule has 0 aliphatic carbocycles. The number of hydrogen-bond donors (Lipinski definition) is 1. The molecule has 1 N–H and O–H groups in total. The third kappa shape index (κ3) is 7.79. The number of aliphatic hydroxyl groups is 1. The molecular formula is C21H34O. The van der Waals surface area contributed by atoms with Gasteiger partial charge in [-0.25, -0.2) is 0 Å². The minimum atomic E-state index is -0.528. The van der Waals surface area contributed by atoms with Gasteiger partial charge in [-0.3, -0.25) is 0 Å². The summed E-state index contributed by atoms with van der Waals surface area (Å²) in [5.74, 6) is 0. The zero-order valence-corrected chi connectivity index (χ0v) is 14.4. The van der Waals surface area contributed by atoms with Crippen molar-refractivity contribution in [2.24, 2.45) is 0 Å². The van der Waals surface area contributed by atoms with Crippen LogP contribution < -0.4 is 0 Å². The molecule has 0 saturated heterocycles. The van der Waals surface area contributed by atoms with Gasteiger partial charge in [-0.05, 0) is 24.0 Å². The second kappa shape index (κ2) is 12.5. The highest BCUT2D eigenvalue weighted by Gasteiger charge is 2.07. The van der Waals surface area contributed by atoms with E-state index >= 15 is 0 Å². The smallest absolute Gasteiger partial charge is 0.0971 e. The van der Waals surface area contributed by atoms with Gasteiger partial charge in [-0.2, -0.15) is 0 Å². The fourth-order valence-electron chi connectivity index (χ4n) is 2.98. The first-order valence-corrected chi connectivity index (χ1v) is 9.18. The normalized spacial score (nSPS) is 12.3. The highest BCUT2D eigenvalue weighted by atomic mass is 16.3. The Kier molecular flexibility index (Phi) is 10.7. The molecule has 0 aromatic heterocycles. The topological polar surface area (TPSA) is 20.2 Å². The zero-order valence-electron chi connectivity index (χ0n) is 14.4. The number of aliphatic hydroxyl groups excluding tert-OH is 1. The van der Waals surface area contributed by atoms with Crippen LogP contribution in [0, 0.1) is 0 Å². The highest BCUT2D eigenvalue weighted by molar-refractivity contribution is 5.31. The molecule has 1 rings (SSSR count). The fourth-order valence-corrected chi connectivity index (χ4v) is 2.98. The van der Waals surface area contributed by atoms with Crippen molar-refractivity contribution < 1.29 is 5.11 Å². The average molecular weight is 303 g/mol. The average Bonchev–Trinajstić information content (AvgIpc) is 2.56. The van der Waals surface area contributed by atoms with E-state index in [1.165, 1.54) is 69.8 Å². The van der Waals surface area contributed by atoms with Crippen LogP contribution in [0.2, 0.25) is 0 Å². The highest BCUT2D eigenvalue weighted by Crippen LogP contribution is 2.21. The molecular weight excluding hydrogens is 268 g/mol. The molecule has 1 atom stereocenters. The van der Waals surface area contributed by atoms with Crippen LogP contribution in [-0.4, -0.2) is 5.11 Å². The Morgan fingerprint density at radius 3 is 2.05 bits per heavy atom. The molecule has 0 aliphatic rings. The van der Waals surface area contributed by atoms with Crippen molar-refractivity contribution in [3.05, 3.63) is 48.0 Å². The molecule has 1 aromatic rings. The molecule has 0 heterocycles. The van der Waals surface area contributed by atoms with E-state index in [0.717, 1.165) is 12.0 Å². The van der Waals surface area contributed by atoms with E-state index in [4.69, 9.17) is 0 Å². The van der Waals surface area contributed by atoms with Gasteiger partial charge in [0.05, 0.1) is 6.10 Å². The van der Waals surface area contributed by atoms with Crippen molar-refractivity contribution in [3.8, 4) is 0 Å². The van der Waals surface area contributed by atoms with Crippen LogP contribution in [0.4, 0.5) is 0 Å². The van der Waals surface area contributed by atoms with Crippen molar-refractivity contribution in [2.75, 3.05) is 0 Å². The summed E-state index contributed by atoms with van der Waals surface area (Å²) >= 11 is 0. The lowest BCUT2D eigenvalue weighted by atomic mass is 9.97. The monoisotopic (exact) mass is 302 g/mol. The SMILES string of the molecule is C=CC(O)c1ccccc1CCCCCCCCCCCC. The predicted octanol–water partition coefficient (Wildman–Crippen LogP) is 6.37. The predicted molar refractivity (Wildman–Crippen MR) is 97.1 cm³/mol.